The number of nitrogens with one attached hydrogen (secondary N) is 1. The van der Waals surface area contributed by atoms with Gasteiger partial charge in [0, 0.05) is 0 Å². The van der Waals surface area contributed by atoms with Crippen LogP contribution in [0.15, 0.2) is 12.2 Å². The average Bonchev–Trinajstić information content (AvgIpc) is 2.33. The third-order valence-corrected chi connectivity index (χ3v) is 2.07. The van der Waals surface area contributed by atoms with E-state index in [1.165, 1.54) is 6.08 Å². The van der Waals surface area contributed by atoms with Gasteiger partial charge in [0.05, 0.1) is 6.61 Å². The predicted molar refractivity (Wildman–Crippen MR) is 57.9 cm³/mol. The normalized spacial score (nSPS) is 18.4. The molecule has 0 spiro atoms. The number of amides is 1. The monoisotopic (exact) mass is 247 g/mol. The molecule has 0 aromatic rings. The summed E-state index contributed by atoms with van der Waals surface area (Å²) in [6.07, 6.45) is -2.23. The summed E-state index contributed by atoms with van der Waals surface area (Å²) in [4.78, 5) is 21.8. The number of carbonyl (C=O) groups is 2. The minimum Gasteiger partial charge on any atom is -0.394 e. The van der Waals surface area contributed by atoms with Crippen molar-refractivity contribution in [3.63, 3.8) is 0 Å². The van der Waals surface area contributed by atoms with E-state index in [0.717, 1.165) is 6.08 Å². The van der Waals surface area contributed by atoms with Crippen LogP contribution in [-0.2, 0) is 9.59 Å². The number of hydrogen-bond acceptors (Lipinski definition) is 6. The van der Waals surface area contributed by atoms with E-state index in [9.17, 15) is 19.8 Å². The Labute approximate surface area is 98.4 Å². The average molecular weight is 247 g/mol. The summed E-state index contributed by atoms with van der Waals surface area (Å²) in [7, 11) is 0. The van der Waals surface area contributed by atoms with Gasteiger partial charge in [-0.25, -0.2) is 0 Å². The first-order chi connectivity index (χ1) is 7.97. The highest BCUT2D eigenvalue weighted by atomic mass is 16.4. The summed E-state index contributed by atoms with van der Waals surface area (Å²) < 4.78 is 0. The van der Waals surface area contributed by atoms with Crippen LogP contribution in [0.4, 0.5) is 0 Å². The first-order valence-electron chi connectivity index (χ1n) is 5.01. The molecular weight excluding hydrogens is 230 g/mol. The van der Waals surface area contributed by atoms with Crippen LogP contribution in [0.3, 0.4) is 0 Å². The Bertz CT molecular complexity index is 280. The van der Waals surface area contributed by atoms with E-state index < -0.39 is 36.9 Å². The Morgan fingerprint density at radius 1 is 1.29 bits per heavy atom. The molecule has 0 rings (SSSR count). The summed E-state index contributed by atoms with van der Waals surface area (Å²) in [5, 5.41) is 38.6. The number of aldehydes is 1. The zero-order valence-electron chi connectivity index (χ0n) is 9.35. The Hall–Kier alpha value is -1.28. The number of carbonyl (C=O) groups excluding carboxylic acids is 2. The molecule has 4 atom stereocenters. The lowest BCUT2D eigenvalue weighted by Gasteiger charge is -2.25. The van der Waals surface area contributed by atoms with Crippen molar-refractivity contribution >= 4 is 12.2 Å². The molecule has 0 fully saturated rings. The first kappa shape index (κ1) is 15.7. The van der Waals surface area contributed by atoms with Crippen LogP contribution in [0.25, 0.3) is 0 Å². The number of hydrogen-bond donors (Lipinski definition) is 5. The maximum absolute atomic E-state index is 11.1. The van der Waals surface area contributed by atoms with Crippen LogP contribution < -0.4 is 5.32 Å². The summed E-state index contributed by atoms with van der Waals surface area (Å²) >= 11 is 0. The third kappa shape index (κ3) is 5.05. The van der Waals surface area contributed by atoms with Crippen LogP contribution in [-0.4, -0.2) is 63.6 Å². The molecule has 0 saturated carbocycles. The molecule has 98 valence electrons. The van der Waals surface area contributed by atoms with Gasteiger partial charge in [0.15, 0.2) is 0 Å². The van der Waals surface area contributed by atoms with E-state index in [0.29, 0.717) is 0 Å². The standard InChI is InChI=1S/C10H17NO6/c1-2-3-8(15)11-6(4-12)9(16)10(17)7(14)5-13/h2-4,6-7,9-10,13-14,16-17H,5H2,1H3,(H,11,15)/b3-2+/t6-,7+,9+,10+/m0/s1. The smallest absolute Gasteiger partial charge is 0.244 e. The van der Waals surface area contributed by atoms with Crippen LogP contribution >= 0.6 is 0 Å². The summed E-state index contributed by atoms with van der Waals surface area (Å²) in [5.41, 5.74) is 0. The van der Waals surface area contributed by atoms with E-state index in [1.54, 1.807) is 6.92 Å². The number of allylic oxidation sites excluding steroid dienone is 1. The molecule has 0 aromatic carbocycles. The zero-order chi connectivity index (χ0) is 13.4. The first-order valence-corrected chi connectivity index (χ1v) is 5.01. The van der Waals surface area contributed by atoms with Crippen molar-refractivity contribution in [1.82, 2.24) is 5.32 Å². The molecule has 0 aromatic heterocycles. The van der Waals surface area contributed by atoms with Crippen LogP contribution in [0.1, 0.15) is 6.92 Å². The molecule has 1 amide bonds. The molecule has 0 heterocycles. The number of rotatable bonds is 7. The largest absolute Gasteiger partial charge is 0.394 e. The van der Waals surface area contributed by atoms with Gasteiger partial charge in [0.2, 0.25) is 5.91 Å². The van der Waals surface area contributed by atoms with Crippen molar-refractivity contribution in [1.29, 1.82) is 0 Å². The van der Waals surface area contributed by atoms with Crippen molar-refractivity contribution < 1.29 is 30.0 Å². The number of aliphatic hydroxyl groups excluding tert-OH is 4. The minimum absolute atomic E-state index is 0.235. The Morgan fingerprint density at radius 2 is 1.88 bits per heavy atom. The van der Waals surface area contributed by atoms with Gasteiger partial charge in [-0.05, 0) is 13.0 Å². The zero-order valence-corrected chi connectivity index (χ0v) is 9.35. The minimum atomic E-state index is -1.74. The van der Waals surface area contributed by atoms with Crippen LogP contribution in [0.5, 0.6) is 0 Å². The van der Waals surface area contributed by atoms with Gasteiger partial charge in [-0.15, -0.1) is 0 Å². The van der Waals surface area contributed by atoms with Gasteiger partial charge in [-0.2, -0.15) is 0 Å². The molecule has 0 unspecified atom stereocenters. The lowest BCUT2D eigenvalue weighted by Crippen LogP contribution is -2.53. The van der Waals surface area contributed by atoms with Gasteiger partial charge < -0.3 is 30.5 Å². The molecular formula is C10H17NO6. The fraction of sp³-hybridized carbons (Fsp3) is 0.600. The summed E-state index contributed by atoms with van der Waals surface area (Å²) in [5.74, 6) is -0.616. The van der Waals surface area contributed by atoms with E-state index in [-0.39, 0.29) is 6.29 Å². The second-order valence-electron chi connectivity index (χ2n) is 3.40. The molecule has 0 radical (unpaired) electrons. The SMILES string of the molecule is C/C=C/C(=O)N[C@@H](C=O)[C@@H](O)[C@H](O)[C@H](O)CO. The topological polar surface area (TPSA) is 127 Å². The molecule has 0 saturated heterocycles. The highest BCUT2D eigenvalue weighted by Gasteiger charge is 2.31. The van der Waals surface area contributed by atoms with Crippen molar-refractivity contribution in [3.05, 3.63) is 12.2 Å². The second-order valence-corrected chi connectivity index (χ2v) is 3.40. The Kier molecular flexibility index (Phi) is 7.31. The van der Waals surface area contributed by atoms with E-state index in [4.69, 9.17) is 10.2 Å². The molecule has 7 nitrogen and oxygen atoms in total. The fourth-order valence-corrected chi connectivity index (χ4v) is 1.11. The van der Waals surface area contributed by atoms with Crippen LogP contribution in [0, 0.1) is 0 Å². The lowest BCUT2D eigenvalue weighted by molar-refractivity contribution is -0.128. The van der Waals surface area contributed by atoms with E-state index in [1.807, 2.05) is 0 Å². The number of aliphatic hydroxyl groups is 4. The predicted octanol–water partition coefficient (Wildman–Crippen LogP) is -2.68. The summed E-state index contributed by atoms with van der Waals surface area (Å²) in [6, 6.07) is -1.37. The van der Waals surface area contributed by atoms with Crippen molar-refractivity contribution in [2.75, 3.05) is 6.61 Å². The second kappa shape index (κ2) is 7.91. The van der Waals surface area contributed by atoms with Gasteiger partial charge in [-0.3, -0.25) is 4.79 Å². The quantitative estimate of drug-likeness (QED) is 0.246. The maximum atomic E-state index is 11.1. The Morgan fingerprint density at radius 3 is 2.29 bits per heavy atom. The molecule has 0 aliphatic carbocycles. The van der Waals surface area contributed by atoms with Gasteiger partial charge in [0.1, 0.15) is 30.6 Å². The Balaban J connectivity index is 4.54. The highest BCUT2D eigenvalue weighted by molar-refractivity contribution is 5.89. The van der Waals surface area contributed by atoms with Crippen molar-refractivity contribution in [2.45, 2.75) is 31.3 Å². The molecule has 0 aliphatic heterocycles. The summed E-state index contributed by atoms with van der Waals surface area (Å²) in [6.45, 7) is 0.822. The van der Waals surface area contributed by atoms with E-state index in [2.05, 4.69) is 5.32 Å². The molecule has 0 bridgehead atoms. The third-order valence-electron chi connectivity index (χ3n) is 2.07. The molecule has 17 heavy (non-hydrogen) atoms. The van der Waals surface area contributed by atoms with E-state index >= 15 is 0 Å². The molecule has 5 N–H and O–H groups in total. The van der Waals surface area contributed by atoms with Gasteiger partial charge in [-0.1, -0.05) is 6.08 Å². The lowest BCUT2D eigenvalue weighted by atomic mass is 10.0. The van der Waals surface area contributed by atoms with Crippen molar-refractivity contribution in [2.24, 2.45) is 0 Å². The molecule has 0 aliphatic rings. The fourth-order valence-electron chi connectivity index (χ4n) is 1.11. The van der Waals surface area contributed by atoms with Gasteiger partial charge >= 0.3 is 0 Å². The van der Waals surface area contributed by atoms with Crippen molar-refractivity contribution in [3.8, 4) is 0 Å². The highest BCUT2D eigenvalue weighted by Crippen LogP contribution is 2.03. The molecule has 7 heteroatoms. The van der Waals surface area contributed by atoms with Gasteiger partial charge in [0.25, 0.3) is 0 Å². The maximum Gasteiger partial charge on any atom is 0.244 e. The van der Waals surface area contributed by atoms with Crippen LogP contribution in [0.2, 0.25) is 0 Å².